The lowest BCUT2D eigenvalue weighted by molar-refractivity contribution is -0.145. The molecule has 0 spiro atoms. The van der Waals surface area contributed by atoms with Gasteiger partial charge in [0.25, 0.3) is 0 Å². The van der Waals surface area contributed by atoms with Crippen LogP contribution in [0.1, 0.15) is 20.3 Å². The Kier molecular flexibility index (Phi) is 3.11. The molecule has 0 bridgehead atoms. The molecule has 6 heteroatoms. The van der Waals surface area contributed by atoms with Gasteiger partial charge in [0.1, 0.15) is 6.04 Å². The van der Waals surface area contributed by atoms with Gasteiger partial charge in [-0.3, -0.25) is 15.0 Å². The minimum absolute atomic E-state index is 0.0275. The fourth-order valence-electron chi connectivity index (χ4n) is 2.18. The first-order valence-electron chi connectivity index (χ1n) is 5.55. The summed E-state index contributed by atoms with van der Waals surface area (Å²) in [6.07, 6.45) is 0.328. The Balaban J connectivity index is 1.96. The van der Waals surface area contributed by atoms with Crippen LogP contribution in [0.3, 0.4) is 0 Å². The quantitative estimate of drug-likeness (QED) is 0.604. The van der Waals surface area contributed by atoms with Crippen LogP contribution in [0.5, 0.6) is 0 Å². The molecular formula is C10H17N3O3. The second kappa shape index (κ2) is 4.39. The zero-order valence-electron chi connectivity index (χ0n) is 9.53. The zero-order valence-corrected chi connectivity index (χ0v) is 9.53. The molecule has 0 saturated carbocycles. The van der Waals surface area contributed by atoms with Crippen molar-refractivity contribution in [3.63, 3.8) is 0 Å². The van der Waals surface area contributed by atoms with Crippen LogP contribution in [0.15, 0.2) is 0 Å². The van der Waals surface area contributed by atoms with E-state index in [0.717, 1.165) is 0 Å². The van der Waals surface area contributed by atoms with Crippen LogP contribution in [-0.4, -0.2) is 48.1 Å². The third-order valence-electron chi connectivity index (χ3n) is 2.80. The van der Waals surface area contributed by atoms with E-state index >= 15 is 0 Å². The summed E-state index contributed by atoms with van der Waals surface area (Å²) in [5.41, 5.74) is 5.15. The van der Waals surface area contributed by atoms with E-state index < -0.39 is 6.04 Å². The predicted molar refractivity (Wildman–Crippen MR) is 56.3 cm³/mol. The number of hydrogen-bond acceptors (Lipinski definition) is 4. The van der Waals surface area contributed by atoms with E-state index in [0.29, 0.717) is 13.1 Å². The van der Waals surface area contributed by atoms with Gasteiger partial charge in [-0.05, 0) is 13.8 Å². The molecule has 2 fully saturated rings. The van der Waals surface area contributed by atoms with Crippen LogP contribution in [0.2, 0.25) is 0 Å². The smallest absolute Gasteiger partial charge is 0.242 e. The van der Waals surface area contributed by atoms with Crippen molar-refractivity contribution in [2.24, 2.45) is 0 Å². The first-order chi connectivity index (χ1) is 7.56. The minimum atomic E-state index is -0.426. The van der Waals surface area contributed by atoms with Crippen molar-refractivity contribution in [1.82, 2.24) is 15.8 Å². The topological polar surface area (TPSA) is 70.7 Å². The molecular weight excluding hydrogens is 210 g/mol. The molecule has 6 nitrogen and oxygen atoms in total. The van der Waals surface area contributed by atoms with Crippen LogP contribution in [0.4, 0.5) is 0 Å². The Morgan fingerprint density at radius 3 is 2.50 bits per heavy atom. The SMILES string of the molecule is CC1CN(C(=O)C2CC(=O)NN2)CC(C)O1. The summed E-state index contributed by atoms with van der Waals surface area (Å²) in [4.78, 5) is 24.8. The summed E-state index contributed by atoms with van der Waals surface area (Å²) in [5.74, 6) is -0.159. The highest BCUT2D eigenvalue weighted by Gasteiger charge is 2.34. The summed E-state index contributed by atoms with van der Waals surface area (Å²) in [5, 5.41) is 0. The van der Waals surface area contributed by atoms with Crippen LogP contribution in [-0.2, 0) is 14.3 Å². The fourth-order valence-corrected chi connectivity index (χ4v) is 2.18. The maximum absolute atomic E-state index is 12.1. The van der Waals surface area contributed by atoms with Crippen molar-refractivity contribution in [2.75, 3.05) is 13.1 Å². The monoisotopic (exact) mass is 227 g/mol. The molecule has 0 aromatic rings. The number of amides is 2. The van der Waals surface area contributed by atoms with E-state index in [-0.39, 0.29) is 30.4 Å². The summed E-state index contributed by atoms with van der Waals surface area (Å²) >= 11 is 0. The fraction of sp³-hybridized carbons (Fsp3) is 0.800. The molecule has 2 heterocycles. The Hall–Kier alpha value is -1.14. The number of nitrogens with one attached hydrogen (secondary N) is 2. The van der Waals surface area contributed by atoms with Gasteiger partial charge in [-0.15, -0.1) is 0 Å². The van der Waals surface area contributed by atoms with E-state index in [2.05, 4.69) is 10.9 Å². The highest BCUT2D eigenvalue weighted by Crippen LogP contribution is 2.13. The molecule has 0 aromatic heterocycles. The Morgan fingerprint density at radius 1 is 1.38 bits per heavy atom. The number of nitrogens with zero attached hydrogens (tertiary/aromatic N) is 1. The van der Waals surface area contributed by atoms with Crippen molar-refractivity contribution in [1.29, 1.82) is 0 Å². The molecule has 0 radical (unpaired) electrons. The maximum Gasteiger partial charge on any atom is 0.242 e. The Bertz CT molecular complexity index is 298. The van der Waals surface area contributed by atoms with Crippen molar-refractivity contribution in [3.8, 4) is 0 Å². The molecule has 3 unspecified atom stereocenters. The molecule has 90 valence electrons. The largest absolute Gasteiger partial charge is 0.372 e. The maximum atomic E-state index is 12.1. The molecule has 2 N–H and O–H groups in total. The van der Waals surface area contributed by atoms with Gasteiger partial charge in [0, 0.05) is 13.1 Å². The standard InChI is InChI=1S/C10H17N3O3/c1-6-4-13(5-7(2)16-6)10(15)8-3-9(14)12-11-8/h6-8,11H,3-5H2,1-2H3,(H,12,14). The average Bonchev–Trinajstić information content (AvgIpc) is 2.62. The van der Waals surface area contributed by atoms with Gasteiger partial charge >= 0.3 is 0 Å². The first kappa shape index (κ1) is 11.3. The molecule has 16 heavy (non-hydrogen) atoms. The highest BCUT2D eigenvalue weighted by molar-refractivity contribution is 5.90. The van der Waals surface area contributed by atoms with Crippen molar-refractivity contribution in [2.45, 2.75) is 38.5 Å². The van der Waals surface area contributed by atoms with Crippen LogP contribution in [0.25, 0.3) is 0 Å². The van der Waals surface area contributed by atoms with Crippen LogP contribution in [0, 0.1) is 0 Å². The van der Waals surface area contributed by atoms with Gasteiger partial charge in [-0.2, -0.15) is 0 Å². The molecule has 2 aliphatic heterocycles. The normalized spacial score (nSPS) is 35.0. The lowest BCUT2D eigenvalue weighted by Gasteiger charge is -2.36. The van der Waals surface area contributed by atoms with Crippen molar-refractivity contribution >= 4 is 11.8 Å². The van der Waals surface area contributed by atoms with Crippen molar-refractivity contribution < 1.29 is 14.3 Å². The predicted octanol–water partition coefficient (Wildman–Crippen LogP) is -0.985. The summed E-state index contributed by atoms with van der Waals surface area (Å²) in [6, 6.07) is -0.426. The third-order valence-corrected chi connectivity index (χ3v) is 2.80. The molecule has 0 aromatic carbocycles. The van der Waals surface area contributed by atoms with E-state index in [1.165, 1.54) is 0 Å². The van der Waals surface area contributed by atoms with E-state index in [1.54, 1.807) is 4.90 Å². The average molecular weight is 227 g/mol. The lowest BCUT2D eigenvalue weighted by atomic mass is 10.1. The number of rotatable bonds is 1. The van der Waals surface area contributed by atoms with E-state index in [4.69, 9.17) is 4.74 Å². The number of hydrogen-bond donors (Lipinski definition) is 2. The zero-order chi connectivity index (χ0) is 11.7. The van der Waals surface area contributed by atoms with E-state index in [1.807, 2.05) is 13.8 Å². The highest BCUT2D eigenvalue weighted by atomic mass is 16.5. The summed E-state index contributed by atoms with van der Waals surface area (Å²) in [6.45, 7) is 5.08. The number of morpholine rings is 1. The molecule has 3 atom stereocenters. The number of carbonyl (C=O) groups is 2. The van der Waals surface area contributed by atoms with Gasteiger partial charge in [-0.1, -0.05) is 0 Å². The Labute approximate surface area is 94.3 Å². The molecule has 2 rings (SSSR count). The summed E-state index contributed by atoms with van der Waals surface area (Å²) < 4.78 is 5.55. The van der Waals surface area contributed by atoms with E-state index in [9.17, 15) is 9.59 Å². The Morgan fingerprint density at radius 2 is 2.00 bits per heavy atom. The number of carbonyl (C=O) groups excluding carboxylic acids is 2. The second-order valence-corrected chi connectivity index (χ2v) is 4.45. The van der Waals surface area contributed by atoms with Crippen molar-refractivity contribution in [3.05, 3.63) is 0 Å². The van der Waals surface area contributed by atoms with Gasteiger partial charge in [-0.25, -0.2) is 5.43 Å². The van der Waals surface area contributed by atoms with Crippen LogP contribution < -0.4 is 10.9 Å². The molecule has 0 aliphatic carbocycles. The van der Waals surface area contributed by atoms with Gasteiger partial charge in [0.2, 0.25) is 11.8 Å². The summed E-state index contributed by atoms with van der Waals surface area (Å²) in [7, 11) is 0. The molecule has 2 amide bonds. The molecule has 2 aliphatic rings. The number of ether oxygens (including phenoxy) is 1. The first-order valence-corrected chi connectivity index (χ1v) is 5.55. The number of hydrazine groups is 1. The van der Waals surface area contributed by atoms with Crippen LogP contribution >= 0.6 is 0 Å². The second-order valence-electron chi connectivity index (χ2n) is 4.45. The van der Waals surface area contributed by atoms with Gasteiger partial charge in [0.05, 0.1) is 18.6 Å². The lowest BCUT2D eigenvalue weighted by Crippen LogP contribution is -2.53. The minimum Gasteiger partial charge on any atom is -0.372 e. The molecule has 2 saturated heterocycles. The van der Waals surface area contributed by atoms with Gasteiger partial charge in [0.15, 0.2) is 0 Å². The van der Waals surface area contributed by atoms with Gasteiger partial charge < -0.3 is 9.64 Å². The third kappa shape index (κ3) is 2.33.